The summed E-state index contributed by atoms with van der Waals surface area (Å²) in [5.41, 5.74) is 7.45. The number of aryl methyl sites for hydroxylation is 2. The second kappa shape index (κ2) is 5.79. The first-order chi connectivity index (χ1) is 10.3. The van der Waals surface area contributed by atoms with Crippen LogP contribution in [-0.2, 0) is 6.54 Å². The normalized spacial score (nSPS) is 11.3. The minimum Gasteiger partial charge on any atom is -0.309 e. The van der Waals surface area contributed by atoms with E-state index in [0.717, 1.165) is 29.1 Å². The molecule has 0 aliphatic rings. The van der Waals surface area contributed by atoms with E-state index in [-0.39, 0.29) is 0 Å². The quantitative estimate of drug-likeness (QED) is 0.582. The van der Waals surface area contributed by atoms with Gasteiger partial charge in [-0.1, -0.05) is 36.4 Å². The van der Waals surface area contributed by atoms with Crippen LogP contribution in [0.1, 0.15) is 18.1 Å². The van der Waals surface area contributed by atoms with Crippen molar-refractivity contribution in [3.63, 3.8) is 0 Å². The second-order valence-electron chi connectivity index (χ2n) is 4.89. The summed E-state index contributed by atoms with van der Waals surface area (Å²) in [5.74, 6) is 0.767. The van der Waals surface area contributed by atoms with E-state index < -0.39 is 0 Å². The Kier molecular flexibility index (Phi) is 3.69. The lowest BCUT2D eigenvalue weighted by molar-refractivity contribution is 0.791. The molecule has 0 saturated carbocycles. The molecule has 0 bridgehead atoms. The van der Waals surface area contributed by atoms with E-state index in [1.165, 1.54) is 5.56 Å². The Balaban J connectivity index is 1.87. The summed E-state index contributed by atoms with van der Waals surface area (Å²) in [4.78, 5) is 4.58. The summed E-state index contributed by atoms with van der Waals surface area (Å²) >= 11 is 0. The predicted molar refractivity (Wildman–Crippen MR) is 87.8 cm³/mol. The molecule has 0 aliphatic heterocycles. The van der Waals surface area contributed by atoms with Gasteiger partial charge in [-0.05, 0) is 37.1 Å². The maximum absolute atomic E-state index is 4.58. The van der Waals surface area contributed by atoms with E-state index in [4.69, 9.17) is 0 Å². The lowest BCUT2D eigenvalue weighted by Crippen LogP contribution is -2.02. The first-order valence-electron chi connectivity index (χ1n) is 7.09. The molecule has 0 spiro atoms. The number of para-hydroxylation sites is 2. The minimum absolute atomic E-state index is 0.767. The van der Waals surface area contributed by atoms with Gasteiger partial charge in [-0.25, -0.2) is 10.4 Å². The molecule has 0 unspecified atom stereocenters. The lowest BCUT2D eigenvalue weighted by Gasteiger charge is -2.04. The van der Waals surface area contributed by atoms with Crippen molar-refractivity contribution in [2.45, 2.75) is 20.4 Å². The summed E-state index contributed by atoms with van der Waals surface area (Å²) in [6.07, 6.45) is 1.83. The largest absolute Gasteiger partial charge is 0.309 e. The van der Waals surface area contributed by atoms with Gasteiger partial charge >= 0.3 is 0 Å². The van der Waals surface area contributed by atoms with Crippen molar-refractivity contribution >= 4 is 23.2 Å². The molecule has 4 nitrogen and oxygen atoms in total. The molecular formula is C17H18N4. The van der Waals surface area contributed by atoms with Gasteiger partial charge in [0, 0.05) is 6.54 Å². The zero-order chi connectivity index (χ0) is 14.7. The number of hydrogen-bond donors (Lipinski definition) is 1. The SMILES string of the molecule is CCn1c(N/N=C\c2ccccc2C)nc2ccccc21. The molecular weight excluding hydrogens is 260 g/mol. The Morgan fingerprint density at radius 2 is 1.90 bits per heavy atom. The summed E-state index contributed by atoms with van der Waals surface area (Å²) in [5, 5.41) is 4.32. The molecule has 3 rings (SSSR count). The molecule has 3 aromatic rings. The van der Waals surface area contributed by atoms with Crippen molar-refractivity contribution in [1.29, 1.82) is 0 Å². The Morgan fingerprint density at radius 3 is 2.71 bits per heavy atom. The van der Waals surface area contributed by atoms with Crippen LogP contribution in [0.2, 0.25) is 0 Å². The fraction of sp³-hybridized carbons (Fsp3) is 0.176. The molecule has 0 radical (unpaired) electrons. The van der Waals surface area contributed by atoms with Crippen molar-refractivity contribution in [1.82, 2.24) is 9.55 Å². The smallest absolute Gasteiger partial charge is 0.224 e. The number of hydrazone groups is 1. The van der Waals surface area contributed by atoms with Crippen LogP contribution in [0.15, 0.2) is 53.6 Å². The lowest BCUT2D eigenvalue weighted by atomic mass is 10.1. The molecule has 4 heteroatoms. The number of aromatic nitrogens is 2. The van der Waals surface area contributed by atoms with Gasteiger partial charge in [0.2, 0.25) is 5.95 Å². The van der Waals surface area contributed by atoms with E-state index in [0.29, 0.717) is 0 Å². The third-order valence-electron chi connectivity index (χ3n) is 3.53. The molecule has 1 aromatic heterocycles. The number of nitrogens with one attached hydrogen (secondary N) is 1. The van der Waals surface area contributed by atoms with Crippen LogP contribution in [0.25, 0.3) is 11.0 Å². The zero-order valence-electron chi connectivity index (χ0n) is 12.2. The number of anilines is 1. The van der Waals surface area contributed by atoms with Crippen LogP contribution in [0.3, 0.4) is 0 Å². The van der Waals surface area contributed by atoms with Crippen LogP contribution in [0.5, 0.6) is 0 Å². The average molecular weight is 278 g/mol. The molecule has 1 N–H and O–H groups in total. The Labute approximate surface area is 124 Å². The van der Waals surface area contributed by atoms with Crippen LogP contribution in [0.4, 0.5) is 5.95 Å². The highest BCUT2D eigenvalue weighted by Crippen LogP contribution is 2.19. The van der Waals surface area contributed by atoms with Crippen LogP contribution < -0.4 is 5.43 Å². The van der Waals surface area contributed by atoms with Crippen molar-refractivity contribution in [2.75, 3.05) is 5.43 Å². The monoisotopic (exact) mass is 278 g/mol. The number of rotatable bonds is 4. The predicted octanol–water partition coefficient (Wildman–Crippen LogP) is 3.81. The fourth-order valence-corrected chi connectivity index (χ4v) is 2.37. The van der Waals surface area contributed by atoms with E-state index in [9.17, 15) is 0 Å². The molecule has 21 heavy (non-hydrogen) atoms. The first kappa shape index (κ1) is 13.4. The molecule has 106 valence electrons. The second-order valence-corrected chi connectivity index (χ2v) is 4.89. The molecule has 0 atom stereocenters. The van der Waals surface area contributed by atoms with Crippen molar-refractivity contribution in [3.8, 4) is 0 Å². The molecule has 0 fully saturated rings. The number of imidazole rings is 1. The molecule has 1 heterocycles. The molecule has 0 saturated heterocycles. The van der Waals surface area contributed by atoms with Gasteiger partial charge in [-0.3, -0.25) is 0 Å². The standard InChI is InChI=1S/C17H18N4/c1-3-21-16-11-7-6-10-15(16)19-17(21)20-18-12-14-9-5-4-8-13(14)2/h4-12H,3H2,1-2H3,(H,19,20)/b18-12-. The third-order valence-corrected chi connectivity index (χ3v) is 3.53. The van der Waals surface area contributed by atoms with E-state index in [1.807, 2.05) is 42.6 Å². The van der Waals surface area contributed by atoms with Crippen LogP contribution in [-0.4, -0.2) is 15.8 Å². The highest BCUT2D eigenvalue weighted by atomic mass is 15.4. The van der Waals surface area contributed by atoms with Crippen molar-refractivity contribution in [2.24, 2.45) is 5.10 Å². The van der Waals surface area contributed by atoms with Gasteiger partial charge in [0.15, 0.2) is 0 Å². The van der Waals surface area contributed by atoms with Gasteiger partial charge in [0.05, 0.1) is 17.2 Å². The highest BCUT2D eigenvalue weighted by Gasteiger charge is 2.07. The van der Waals surface area contributed by atoms with E-state index in [1.54, 1.807) is 0 Å². The van der Waals surface area contributed by atoms with Gasteiger partial charge in [0.1, 0.15) is 0 Å². The maximum Gasteiger partial charge on any atom is 0.224 e. The van der Waals surface area contributed by atoms with E-state index in [2.05, 4.69) is 46.1 Å². The summed E-state index contributed by atoms with van der Waals surface area (Å²) < 4.78 is 2.12. The maximum atomic E-state index is 4.58. The Hall–Kier alpha value is -2.62. The Bertz CT molecular complexity index is 786. The van der Waals surface area contributed by atoms with Gasteiger partial charge in [-0.2, -0.15) is 5.10 Å². The third kappa shape index (κ3) is 2.65. The van der Waals surface area contributed by atoms with Crippen molar-refractivity contribution in [3.05, 3.63) is 59.7 Å². The van der Waals surface area contributed by atoms with Gasteiger partial charge in [-0.15, -0.1) is 0 Å². The first-order valence-corrected chi connectivity index (χ1v) is 7.09. The zero-order valence-corrected chi connectivity index (χ0v) is 12.2. The highest BCUT2D eigenvalue weighted by molar-refractivity contribution is 5.82. The number of hydrogen-bond acceptors (Lipinski definition) is 3. The Morgan fingerprint density at radius 1 is 1.14 bits per heavy atom. The van der Waals surface area contributed by atoms with Crippen LogP contribution in [0, 0.1) is 6.92 Å². The average Bonchev–Trinajstić information content (AvgIpc) is 2.86. The van der Waals surface area contributed by atoms with Gasteiger partial charge in [0.25, 0.3) is 0 Å². The minimum atomic E-state index is 0.767. The topological polar surface area (TPSA) is 42.2 Å². The number of benzene rings is 2. The summed E-state index contributed by atoms with van der Waals surface area (Å²) in [6.45, 7) is 5.02. The molecule has 0 amide bonds. The fourth-order valence-electron chi connectivity index (χ4n) is 2.37. The van der Waals surface area contributed by atoms with Crippen LogP contribution >= 0.6 is 0 Å². The number of fused-ring (bicyclic) bond motifs is 1. The molecule has 2 aromatic carbocycles. The van der Waals surface area contributed by atoms with Crippen molar-refractivity contribution < 1.29 is 0 Å². The van der Waals surface area contributed by atoms with E-state index >= 15 is 0 Å². The van der Waals surface area contributed by atoms with Gasteiger partial charge < -0.3 is 4.57 Å². The number of nitrogens with zero attached hydrogens (tertiary/aromatic N) is 3. The summed E-state index contributed by atoms with van der Waals surface area (Å²) in [6, 6.07) is 16.3. The summed E-state index contributed by atoms with van der Waals surface area (Å²) in [7, 11) is 0. The molecule has 0 aliphatic carbocycles.